The van der Waals surface area contributed by atoms with Crippen LogP contribution in [0.15, 0.2) is 60.8 Å². The lowest BCUT2D eigenvalue weighted by molar-refractivity contribution is 0.102. The van der Waals surface area contributed by atoms with E-state index in [0.29, 0.717) is 48.3 Å². The second kappa shape index (κ2) is 8.52. The van der Waals surface area contributed by atoms with E-state index in [9.17, 15) is 4.79 Å². The third-order valence-corrected chi connectivity index (χ3v) is 4.45. The number of pyridine rings is 1. The molecule has 7 nitrogen and oxygen atoms in total. The summed E-state index contributed by atoms with van der Waals surface area (Å²) in [4.78, 5) is 16.9. The van der Waals surface area contributed by atoms with Crippen molar-refractivity contribution in [2.24, 2.45) is 0 Å². The summed E-state index contributed by atoms with van der Waals surface area (Å²) in [6.45, 7) is 1.62. The minimum Gasteiger partial charge on any atom is -0.497 e. The molecule has 1 aromatic heterocycles. The molecule has 7 heteroatoms. The van der Waals surface area contributed by atoms with Crippen LogP contribution in [0, 0.1) is 0 Å². The fourth-order valence-electron chi connectivity index (χ4n) is 2.93. The number of nitrogens with zero attached hydrogens (tertiary/aromatic N) is 1. The molecule has 148 valence electrons. The van der Waals surface area contributed by atoms with E-state index in [2.05, 4.69) is 15.6 Å². The highest BCUT2D eigenvalue weighted by Gasteiger charge is 2.14. The Morgan fingerprint density at radius 1 is 1.03 bits per heavy atom. The van der Waals surface area contributed by atoms with E-state index >= 15 is 0 Å². The molecule has 2 aromatic carbocycles. The lowest BCUT2D eigenvalue weighted by Crippen LogP contribution is -2.16. The largest absolute Gasteiger partial charge is 0.497 e. The molecule has 0 bridgehead atoms. The van der Waals surface area contributed by atoms with Crippen LogP contribution in [0.4, 0.5) is 11.5 Å². The van der Waals surface area contributed by atoms with Crippen molar-refractivity contribution in [2.45, 2.75) is 6.54 Å². The van der Waals surface area contributed by atoms with Gasteiger partial charge in [-0.25, -0.2) is 4.98 Å². The molecule has 0 spiro atoms. The van der Waals surface area contributed by atoms with Gasteiger partial charge in [0.25, 0.3) is 5.91 Å². The molecule has 1 aliphatic heterocycles. The molecule has 1 amide bonds. The maximum absolute atomic E-state index is 12.6. The molecule has 0 saturated heterocycles. The predicted octanol–water partition coefficient (Wildman–Crippen LogP) is 3.73. The van der Waals surface area contributed by atoms with Crippen LogP contribution < -0.4 is 24.8 Å². The van der Waals surface area contributed by atoms with Gasteiger partial charge in [0.05, 0.1) is 7.11 Å². The number of anilines is 2. The second-order valence-corrected chi connectivity index (χ2v) is 6.44. The number of benzene rings is 2. The smallest absolute Gasteiger partial charge is 0.255 e. The maximum Gasteiger partial charge on any atom is 0.255 e. The number of amides is 1. The molecule has 0 radical (unpaired) electrons. The topological polar surface area (TPSA) is 81.7 Å². The summed E-state index contributed by atoms with van der Waals surface area (Å²) in [6, 6.07) is 16.5. The molecule has 2 heterocycles. The number of aromatic nitrogens is 1. The Bertz CT molecular complexity index is 1010. The van der Waals surface area contributed by atoms with Gasteiger partial charge in [-0.2, -0.15) is 0 Å². The van der Waals surface area contributed by atoms with E-state index in [4.69, 9.17) is 14.2 Å². The predicted molar refractivity (Wildman–Crippen MR) is 110 cm³/mol. The summed E-state index contributed by atoms with van der Waals surface area (Å²) >= 11 is 0. The van der Waals surface area contributed by atoms with Gasteiger partial charge < -0.3 is 24.8 Å². The van der Waals surface area contributed by atoms with Crippen LogP contribution in [0.5, 0.6) is 17.2 Å². The van der Waals surface area contributed by atoms with Gasteiger partial charge >= 0.3 is 0 Å². The fraction of sp³-hybridized carbons (Fsp3) is 0.182. The van der Waals surface area contributed by atoms with Crippen molar-refractivity contribution >= 4 is 17.4 Å². The summed E-state index contributed by atoms with van der Waals surface area (Å²) < 4.78 is 16.2. The van der Waals surface area contributed by atoms with Gasteiger partial charge in [0.2, 0.25) is 0 Å². The highest BCUT2D eigenvalue weighted by atomic mass is 16.6. The fourth-order valence-corrected chi connectivity index (χ4v) is 2.93. The molecule has 3 aromatic rings. The molecule has 0 atom stereocenters. The Balaban J connectivity index is 1.40. The van der Waals surface area contributed by atoms with E-state index in [1.54, 1.807) is 43.6 Å². The summed E-state index contributed by atoms with van der Waals surface area (Å²) in [5.74, 6) is 2.52. The summed E-state index contributed by atoms with van der Waals surface area (Å²) in [7, 11) is 1.64. The SMILES string of the molecule is COc1ccc(CNc2cc(C(=O)Nc3ccc4c(c3)OCCO4)ccn2)cc1. The molecule has 0 fully saturated rings. The first-order chi connectivity index (χ1) is 14.2. The van der Waals surface area contributed by atoms with Crippen LogP contribution in [-0.2, 0) is 6.54 Å². The zero-order valence-electron chi connectivity index (χ0n) is 16.0. The molecule has 1 aliphatic rings. The third-order valence-electron chi connectivity index (χ3n) is 4.45. The van der Waals surface area contributed by atoms with Crippen LogP contribution in [0.1, 0.15) is 15.9 Å². The first-order valence-corrected chi connectivity index (χ1v) is 9.25. The van der Waals surface area contributed by atoms with E-state index in [1.807, 2.05) is 24.3 Å². The minimum atomic E-state index is -0.225. The highest BCUT2D eigenvalue weighted by molar-refractivity contribution is 6.04. The average molecular weight is 391 g/mol. The average Bonchev–Trinajstić information content (AvgIpc) is 2.78. The van der Waals surface area contributed by atoms with Gasteiger partial charge in [0, 0.05) is 30.1 Å². The first kappa shape index (κ1) is 18.6. The number of ether oxygens (including phenoxy) is 3. The Labute approximate surface area is 168 Å². The zero-order chi connectivity index (χ0) is 20.1. The van der Waals surface area contributed by atoms with Crippen LogP contribution in [0.25, 0.3) is 0 Å². The molecule has 4 rings (SSSR count). The van der Waals surface area contributed by atoms with Gasteiger partial charge in [-0.3, -0.25) is 4.79 Å². The van der Waals surface area contributed by atoms with Crippen molar-refractivity contribution in [1.29, 1.82) is 0 Å². The number of fused-ring (bicyclic) bond motifs is 1. The van der Waals surface area contributed by atoms with Crippen molar-refractivity contribution in [3.63, 3.8) is 0 Å². The van der Waals surface area contributed by atoms with E-state index < -0.39 is 0 Å². The molecular formula is C22H21N3O4. The van der Waals surface area contributed by atoms with Gasteiger partial charge in [-0.15, -0.1) is 0 Å². The maximum atomic E-state index is 12.6. The third kappa shape index (κ3) is 4.57. The molecule has 0 aliphatic carbocycles. The van der Waals surface area contributed by atoms with Crippen LogP contribution in [-0.4, -0.2) is 31.2 Å². The first-order valence-electron chi connectivity index (χ1n) is 9.25. The number of hydrogen-bond acceptors (Lipinski definition) is 6. The van der Waals surface area contributed by atoms with Gasteiger partial charge in [0.1, 0.15) is 24.8 Å². The van der Waals surface area contributed by atoms with E-state index in [0.717, 1.165) is 11.3 Å². The normalized spacial score (nSPS) is 12.2. The molecule has 0 saturated carbocycles. The zero-order valence-corrected chi connectivity index (χ0v) is 16.0. The number of nitrogens with one attached hydrogen (secondary N) is 2. The van der Waals surface area contributed by atoms with Crippen molar-refractivity contribution in [2.75, 3.05) is 31.0 Å². The van der Waals surface area contributed by atoms with Crippen LogP contribution >= 0.6 is 0 Å². The number of hydrogen-bond donors (Lipinski definition) is 2. The van der Waals surface area contributed by atoms with Crippen LogP contribution in [0.3, 0.4) is 0 Å². The Hall–Kier alpha value is -3.74. The van der Waals surface area contributed by atoms with Crippen molar-refractivity contribution in [3.05, 3.63) is 71.9 Å². The summed E-state index contributed by atoms with van der Waals surface area (Å²) in [5.41, 5.74) is 2.23. The van der Waals surface area contributed by atoms with Crippen molar-refractivity contribution in [3.8, 4) is 17.2 Å². The molecule has 2 N–H and O–H groups in total. The van der Waals surface area contributed by atoms with Crippen molar-refractivity contribution in [1.82, 2.24) is 4.98 Å². The van der Waals surface area contributed by atoms with Gasteiger partial charge in [-0.05, 0) is 42.0 Å². The van der Waals surface area contributed by atoms with Crippen LogP contribution in [0.2, 0.25) is 0 Å². The second-order valence-electron chi connectivity index (χ2n) is 6.44. The highest BCUT2D eigenvalue weighted by Crippen LogP contribution is 2.32. The summed E-state index contributed by atoms with van der Waals surface area (Å²) in [5, 5.41) is 6.11. The van der Waals surface area contributed by atoms with E-state index in [1.165, 1.54) is 0 Å². The number of carbonyl (C=O) groups excluding carboxylic acids is 1. The number of carbonyl (C=O) groups is 1. The van der Waals surface area contributed by atoms with E-state index in [-0.39, 0.29) is 5.91 Å². The Morgan fingerprint density at radius 2 is 1.83 bits per heavy atom. The lowest BCUT2D eigenvalue weighted by Gasteiger charge is -2.19. The number of rotatable bonds is 6. The molecule has 0 unspecified atom stereocenters. The molecule has 29 heavy (non-hydrogen) atoms. The quantitative estimate of drug-likeness (QED) is 0.666. The lowest BCUT2D eigenvalue weighted by atomic mass is 10.2. The molecular weight excluding hydrogens is 370 g/mol. The standard InChI is InChI=1S/C22H21N3O4/c1-27-18-5-2-15(3-6-18)14-24-21-12-16(8-9-23-21)22(26)25-17-4-7-19-20(13-17)29-11-10-28-19/h2-9,12-13H,10-11,14H2,1H3,(H,23,24)(H,25,26). The van der Waals surface area contributed by atoms with Gasteiger partial charge in [-0.1, -0.05) is 12.1 Å². The van der Waals surface area contributed by atoms with Crippen molar-refractivity contribution < 1.29 is 19.0 Å². The Kier molecular flexibility index (Phi) is 5.47. The summed E-state index contributed by atoms with van der Waals surface area (Å²) in [6.07, 6.45) is 1.61. The number of methoxy groups -OCH3 is 1. The monoisotopic (exact) mass is 391 g/mol. The Morgan fingerprint density at radius 3 is 2.62 bits per heavy atom. The van der Waals surface area contributed by atoms with Gasteiger partial charge in [0.15, 0.2) is 11.5 Å². The minimum absolute atomic E-state index is 0.225.